The summed E-state index contributed by atoms with van der Waals surface area (Å²) < 4.78 is 15.9. The highest BCUT2D eigenvalue weighted by Gasteiger charge is 2.12. The SMILES string of the molecule is CCOc1ccc(Nc2cc(C(=O)Nc3ccc(OC)cc3OC)ccn2)cc1. The van der Waals surface area contributed by atoms with Crippen LogP contribution in [-0.4, -0.2) is 31.7 Å². The fraction of sp³-hybridized carbons (Fsp3) is 0.182. The molecule has 0 bridgehead atoms. The topological polar surface area (TPSA) is 81.7 Å². The molecule has 7 heteroatoms. The van der Waals surface area contributed by atoms with Crippen molar-refractivity contribution in [1.82, 2.24) is 4.98 Å². The lowest BCUT2D eigenvalue weighted by Gasteiger charge is -2.12. The lowest BCUT2D eigenvalue weighted by atomic mass is 10.2. The van der Waals surface area contributed by atoms with E-state index in [0.29, 0.717) is 35.2 Å². The normalized spacial score (nSPS) is 10.2. The molecule has 3 rings (SSSR count). The zero-order valence-electron chi connectivity index (χ0n) is 16.6. The second kappa shape index (κ2) is 9.45. The number of methoxy groups -OCH3 is 2. The van der Waals surface area contributed by atoms with Gasteiger partial charge in [0.2, 0.25) is 0 Å². The van der Waals surface area contributed by atoms with E-state index in [0.717, 1.165) is 11.4 Å². The van der Waals surface area contributed by atoms with Gasteiger partial charge in [0.1, 0.15) is 23.1 Å². The summed E-state index contributed by atoms with van der Waals surface area (Å²) in [6.45, 7) is 2.55. The number of hydrogen-bond acceptors (Lipinski definition) is 6. The average Bonchev–Trinajstić information content (AvgIpc) is 2.75. The van der Waals surface area contributed by atoms with Gasteiger partial charge in [0, 0.05) is 23.5 Å². The number of ether oxygens (including phenoxy) is 3. The molecule has 0 radical (unpaired) electrons. The van der Waals surface area contributed by atoms with Crippen LogP contribution in [0.1, 0.15) is 17.3 Å². The Morgan fingerprint density at radius 2 is 1.72 bits per heavy atom. The standard InChI is InChI=1S/C22H23N3O4/c1-4-29-17-7-5-16(6-8-17)24-21-13-15(11-12-23-21)22(26)25-19-10-9-18(27-2)14-20(19)28-3/h5-14H,4H2,1-3H3,(H,23,24)(H,25,26). The van der Waals surface area contributed by atoms with E-state index in [9.17, 15) is 4.79 Å². The lowest BCUT2D eigenvalue weighted by molar-refractivity contribution is 0.102. The van der Waals surface area contributed by atoms with E-state index < -0.39 is 0 Å². The number of pyridine rings is 1. The van der Waals surface area contributed by atoms with Crippen LogP contribution in [0.25, 0.3) is 0 Å². The summed E-state index contributed by atoms with van der Waals surface area (Å²) in [5.74, 6) is 2.24. The number of carbonyl (C=O) groups excluding carboxylic acids is 1. The predicted molar refractivity (Wildman–Crippen MR) is 113 cm³/mol. The molecule has 0 aliphatic heterocycles. The van der Waals surface area contributed by atoms with Gasteiger partial charge in [-0.3, -0.25) is 4.79 Å². The number of carbonyl (C=O) groups is 1. The summed E-state index contributed by atoms with van der Waals surface area (Å²) in [7, 11) is 3.11. The minimum atomic E-state index is -0.273. The molecule has 150 valence electrons. The third-order valence-electron chi connectivity index (χ3n) is 4.12. The smallest absolute Gasteiger partial charge is 0.255 e. The van der Waals surface area contributed by atoms with Gasteiger partial charge in [-0.25, -0.2) is 4.98 Å². The summed E-state index contributed by atoms with van der Waals surface area (Å²) in [5, 5.41) is 6.03. The first-order valence-electron chi connectivity index (χ1n) is 9.12. The molecule has 7 nitrogen and oxygen atoms in total. The first kappa shape index (κ1) is 20.0. The highest BCUT2D eigenvalue weighted by molar-refractivity contribution is 6.05. The molecule has 0 spiro atoms. The Morgan fingerprint density at radius 1 is 0.966 bits per heavy atom. The molecule has 2 aromatic carbocycles. The van der Waals surface area contributed by atoms with Crippen molar-refractivity contribution in [2.45, 2.75) is 6.92 Å². The third-order valence-corrected chi connectivity index (χ3v) is 4.12. The first-order chi connectivity index (χ1) is 14.1. The monoisotopic (exact) mass is 393 g/mol. The molecule has 0 saturated heterocycles. The van der Waals surface area contributed by atoms with Crippen molar-refractivity contribution in [3.05, 3.63) is 66.4 Å². The number of benzene rings is 2. The van der Waals surface area contributed by atoms with Crippen LogP contribution in [-0.2, 0) is 0 Å². The molecule has 1 amide bonds. The van der Waals surface area contributed by atoms with E-state index in [4.69, 9.17) is 14.2 Å². The predicted octanol–water partition coefficient (Wildman–Crippen LogP) is 4.49. The molecule has 2 N–H and O–H groups in total. The van der Waals surface area contributed by atoms with Crippen LogP contribution in [0.4, 0.5) is 17.2 Å². The first-order valence-corrected chi connectivity index (χ1v) is 9.12. The minimum Gasteiger partial charge on any atom is -0.497 e. The van der Waals surface area contributed by atoms with E-state index in [1.807, 2.05) is 31.2 Å². The zero-order chi connectivity index (χ0) is 20.6. The Balaban J connectivity index is 1.72. The fourth-order valence-electron chi connectivity index (χ4n) is 2.69. The molecule has 1 heterocycles. The maximum Gasteiger partial charge on any atom is 0.255 e. The molecule has 0 saturated carbocycles. The van der Waals surface area contributed by atoms with Crippen LogP contribution in [0.3, 0.4) is 0 Å². The average molecular weight is 393 g/mol. The zero-order valence-corrected chi connectivity index (χ0v) is 16.6. The van der Waals surface area contributed by atoms with Gasteiger partial charge in [-0.1, -0.05) is 0 Å². The van der Waals surface area contributed by atoms with Gasteiger partial charge in [-0.15, -0.1) is 0 Å². The largest absolute Gasteiger partial charge is 0.497 e. The van der Waals surface area contributed by atoms with Crippen molar-refractivity contribution in [2.75, 3.05) is 31.5 Å². The Labute approximate surface area is 169 Å². The molecule has 1 aromatic heterocycles. The second-order valence-electron chi connectivity index (χ2n) is 6.03. The van der Waals surface area contributed by atoms with E-state index in [2.05, 4.69) is 15.6 Å². The van der Waals surface area contributed by atoms with E-state index >= 15 is 0 Å². The van der Waals surface area contributed by atoms with Crippen molar-refractivity contribution in [3.63, 3.8) is 0 Å². The summed E-state index contributed by atoms with van der Waals surface area (Å²) in [6, 6.07) is 16.1. The maximum atomic E-state index is 12.7. The molecule has 0 atom stereocenters. The molecule has 3 aromatic rings. The summed E-state index contributed by atoms with van der Waals surface area (Å²) in [4.78, 5) is 17.0. The summed E-state index contributed by atoms with van der Waals surface area (Å²) in [5.41, 5.74) is 1.86. The number of nitrogens with zero attached hydrogens (tertiary/aromatic N) is 1. The van der Waals surface area contributed by atoms with Crippen LogP contribution >= 0.6 is 0 Å². The van der Waals surface area contributed by atoms with Gasteiger partial charge >= 0.3 is 0 Å². The van der Waals surface area contributed by atoms with Gasteiger partial charge in [-0.05, 0) is 55.5 Å². The van der Waals surface area contributed by atoms with Crippen LogP contribution in [0, 0.1) is 0 Å². The Kier molecular flexibility index (Phi) is 6.52. The lowest BCUT2D eigenvalue weighted by Crippen LogP contribution is -2.13. The van der Waals surface area contributed by atoms with Crippen molar-refractivity contribution in [3.8, 4) is 17.2 Å². The molecule has 29 heavy (non-hydrogen) atoms. The quantitative estimate of drug-likeness (QED) is 0.587. The number of amides is 1. The van der Waals surface area contributed by atoms with Gasteiger partial charge < -0.3 is 24.8 Å². The molecular formula is C22H23N3O4. The van der Waals surface area contributed by atoms with Crippen molar-refractivity contribution >= 4 is 23.1 Å². The van der Waals surface area contributed by atoms with E-state index in [1.54, 1.807) is 43.6 Å². The molecular weight excluding hydrogens is 370 g/mol. The van der Waals surface area contributed by atoms with Crippen LogP contribution in [0.5, 0.6) is 17.2 Å². The van der Waals surface area contributed by atoms with Crippen LogP contribution in [0.2, 0.25) is 0 Å². The number of aromatic nitrogens is 1. The Hall–Kier alpha value is -3.74. The van der Waals surface area contributed by atoms with Gasteiger partial charge in [-0.2, -0.15) is 0 Å². The number of anilines is 3. The van der Waals surface area contributed by atoms with Gasteiger partial charge in [0.05, 0.1) is 26.5 Å². The molecule has 0 aliphatic rings. The van der Waals surface area contributed by atoms with E-state index in [1.165, 1.54) is 7.11 Å². The highest BCUT2D eigenvalue weighted by Crippen LogP contribution is 2.29. The van der Waals surface area contributed by atoms with Crippen LogP contribution in [0.15, 0.2) is 60.8 Å². The Bertz CT molecular complexity index is 974. The van der Waals surface area contributed by atoms with Crippen molar-refractivity contribution < 1.29 is 19.0 Å². The number of rotatable bonds is 8. The Morgan fingerprint density at radius 3 is 2.41 bits per heavy atom. The minimum absolute atomic E-state index is 0.273. The molecule has 0 fully saturated rings. The highest BCUT2D eigenvalue weighted by atomic mass is 16.5. The van der Waals surface area contributed by atoms with Gasteiger partial charge in [0.15, 0.2) is 0 Å². The van der Waals surface area contributed by atoms with Crippen molar-refractivity contribution in [1.29, 1.82) is 0 Å². The second-order valence-corrected chi connectivity index (χ2v) is 6.03. The number of nitrogens with one attached hydrogen (secondary N) is 2. The molecule has 0 aliphatic carbocycles. The van der Waals surface area contributed by atoms with Crippen molar-refractivity contribution in [2.24, 2.45) is 0 Å². The third kappa shape index (κ3) is 5.16. The molecule has 0 unspecified atom stereocenters. The van der Waals surface area contributed by atoms with Crippen LogP contribution < -0.4 is 24.8 Å². The fourth-order valence-corrected chi connectivity index (χ4v) is 2.69. The summed E-state index contributed by atoms with van der Waals surface area (Å²) in [6.07, 6.45) is 1.58. The van der Waals surface area contributed by atoms with Gasteiger partial charge in [0.25, 0.3) is 5.91 Å². The van der Waals surface area contributed by atoms with E-state index in [-0.39, 0.29) is 5.91 Å². The summed E-state index contributed by atoms with van der Waals surface area (Å²) >= 11 is 0. The number of hydrogen-bond donors (Lipinski definition) is 2. The maximum absolute atomic E-state index is 12.7.